The molecule has 6 nitrogen and oxygen atoms in total. The van der Waals surface area contributed by atoms with Crippen LogP contribution in [0.1, 0.15) is 30.7 Å². The van der Waals surface area contributed by atoms with Crippen molar-refractivity contribution >= 4 is 28.5 Å². The standard InChI is InChI=1S/C29H32ClN3O3/c1-35-26-15-6-7-16-27(26)36-20-9-8-19-33-25-14-5-4-13-24(25)32-28(33)17-10-18-31-29(34)21-22-11-2-3-12-23(22)30/h2-7,11-16H,8-10,17-21H2,1H3,(H,31,34). The van der Waals surface area contributed by atoms with Gasteiger partial charge in [-0.1, -0.05) is 54.1 Å². The number of para-hydroxylation sites is 4. The molecule has 36 heavy (non-hydrogen) atoms. The van der Waals surface area contributed by atoms with E-state index in [4.69, 9.17) is 26.1 Å². The molecule has 1 heterocycles. The summed E-state index contributed by atoms with van der Waals surface area (Å²) in [5.74, 6) is 2.54. The number of amides is 1. The Morgan fingerprint density at radius 1 is 0.944 bits per heavy atom. The third-order valence-corrected chi connectivity index (χ3v) is 6.41. The van der Waals surface area contributed by atoms with Crippen LogP contribution in [0.25, 0.3) is 11.0 Å². The Morgan fingerprint density at radius 3 is 2.53 bits per heavy atom. The minimum Gasteiger partial charge on any atom is -0.493 e. The second-order valence-electron chi connectivity index (χ2n) is 8.60. The number of nitrogens with one attached hydrogen (secondary N) is 1. The van der Waals surface area contributed by atoms with E-state index in [1.54, 1.807) is 13.2 Å². The summed E-state index contributed by atoms with van der Waals surface area (Å²) in [6, 6.07) is 23.4. The molecule has 0 bridgehead atoms. The van der Waals surface area contributed by atoms with Crippen molar-refractivity contribution in [1.82, 2.24) is 14.9 Å². The Hall–Kier alpha value is -3.51. The fourth-order valence-electron chi connectivity index (χ4n) is 4.21. The molecule has 0 atom stereocenters. The van der Waals surface area contributed by atoms with Gasteiger partial charge in [-0.2, -0.15) is 0 Å². The zero-order valence-corrected chi connectivity index (χ0v) is 21.3. The third kappa shape index (κ3) is 6.79. The molecule has 0 unspecified atom stereocenters. The molecule has 0 aliphatic heterocycles. The quantitative estimate of drug-likeness (QED) is 0.231. The number of rotatable bonds is 13. The van der Waals surface area contributed by atoms with E-state index in [1.807, 2.05) is 60.7 Å². The van der Waals surface area contributed by atoms with Gasteiger partial charge >= 0.3 is 0 Å². The summed E-state index contributed by atoms with van der Waals surface area (Å²) >= 11 is 6.17. The number of methoxy groups -OCH3 is 1. The second-order valence-corrected chi connectivity index (χ2v) is 9.00. The number of aromatic nitrogens is 2. The SMILES string of the molecule is COc1ccccc1OCCCCn1c(CCCNC(=O)Cc2ccccc2Cl)nc2ccccc21. The van der Waals surface area contributed by atoms with E-state index >= 15 is 0 Å². The molecule has 1 amide bonds. The van der Waals surface area contributed by atoms with Crippen molar-refractivity contribution in [2.75, 3.05) is 20.3 Å². The van der Waals surface area contributed by atoms with Crippen LogP contribution in [0.2, 0.25) is 5.02 Å². The summed E-state index contributed by atoms with van der Waals surface area (Å²) in [7, 11) is 1.65. The topological polar surface area (TPSA) is 65.4 Å². The number of imidazole rings is 1. The van der Waals surface area contributed by atoms with Crippen LogP contribution in [0.15, 0.2) is 72.8 Å². The molecule has 4 rings (SSSR count). The summed E-state index contributed by atoms with van der Waals surface area (Å²) in [6.45, 7) is 2.09. The molecule has 0 fully saturated rings. The van der Waals surface area contributed by atoms with Crippen molar-refractivity contribution in [1.29, 1.82) is 0 Å². The number of carbonyl (C=O) groups excluding carboxylic acids is 1. The Kier molecular flexibility index (Phi) is 9.22. The molecule has 0 spiro atoms. The molecule has 0 saturated heterocycles. The zero-order chi connectivity index (χ0) is 25.2. The van der Waals surface area contributed by atoms with Crippen molar-refractivity contribution < 1.29 is 14.3 Å². The average molecular weight is 506 g/mol. The van der Waals surface area contributed by atoms with E-state index in [1.165, 1.54) is 0 Å². The minimum atomic E-state index is -0.0216. The van der Waals surface area contributed by atoms with Gasteiger partial charge in [0, 0.05) is 24.5 Å². The van der Waals surface area contributed by atoms with Gasteiger partial charge in [0.1, 0.15) is 5.82 Å². The predicted octanol–water partition coefficient (Wildman–Crippen LogP) is 5.85. The van der Waals surface area contributed by atoms with Crippen LogP contribution in [-0.2, 0) is 24.2 Å². The fraction of sp³-hybridized carbons (Fsp3) is 0.310. The Bertz CT molecular complexity index is 1290. The number of fused-ring (bicyclic) bond motifs is 1. The lowest BCUT2D eigenvalue weighted by Gasteiger charge is -2.12. The van der Waals surface area contributed by atoms with Crippen molar-refractivity contribution in [3.63, 3.8) is 0 Å². The first-order valence-electron chi connectivity index (χ1n) is 12.4. The molecule has 0 saturated carbocycles. The maximum Gasteiger partial charge on any atom is 0.224 e. The summed E-state index contributed by atoms with van der Waals surface area (Å²) < 4.78 is 13.6. The molecule has 0 aliphatic carbocycles. The minimum absolute atomic E-state index is 0.0216. The van der Waals surface area contributed by atoms with Gasteiger partial charge in [-0.15, -0.1) is 0 Å². The first-order valence-corrected chi connectivity index (χ1v) is 12.7. The molecule has 1 aromatic heterocycles. The van der Waals surface area contributed by atoms with E-state index in [-0.39, 0.29) is 12.3 Å². The highest BCUT2D eigenvalue weighted by Gasteiger charge is 2.11. The summed E-state index contributed by atoms with van der Waals surface area (Å²) in [4.78, 5) is 17.2. The second kappa shape index (κ2) is 13.0. The van der Waals surface area contributed by atoms with E-state index in [0.717, 1.165) is 66.1 Å². The van der Waals surface area contributed by atoms with Gasteiger partial charge < -0.3 is 19.4 Å². The van der Waals surface area contributed by atoms with Crippen LogP contribution >= 0.6 is 11.6 Å². The van der Waals surface area contributed by atoms with E-state index in [2.05, 4.69) is 16.0 Å². The monoisotopic (exact) mass is 505 g/mol. The van der Waals surface area contributed by atoms with E-state index in [9.17, 15) is 4.79 Å². The molecular formula is C29H32ClN3O3. The fourth-order valence-corrected chi connectivity index (χ4v) is 4.41. The van der Waals surface area contributed by atoms with Gasteiger partial charge in [0.25, 0.3) is 0 Å². The third-order valence-electron chi connectivity index (χ3n) is 6.04. The van der Waals surface area contributed by atoms with Gasteiger partial charge in [0.2, 0.25) is 5.91 Å². The highest BCUT2D eigenvalue weighted by atomic mass is 35.5. The number of benzene rings is 3. The first-order chi connectivity index (χ1) is 17.7. The van der Waals surface area contributed by atoms with Gasteiger partial charge in [-0.05, 0) is 55.2 Å². The van der Waals surface area contributed by atoms with Gasteiger partial charge in [-0.25, -0.2) is 4.98 Å². The lowest BCUT2D eigenvalue weighted by molar-refractivity contribution is -0.120. The maximum atomic E-state index is 12.3. The van der Waals surface area contributed by atoms with Gasteiger partial charge in [0.15, 0.2) is 11.5 Å². The molecule has 7 heteroatoms. The first kappa shape index (κ1) is 25.6. The van der Waals surface area contributed by atoms with Gasteiger partial charge in [0.05, 0.1) is 31.2 Å². The van der Waals surface area contributed by atoms with Gasteiger partial charge in [-0.3, -0.25) is 4.79 Å². The van der Waals surface area contributed by atoms with E-state index in [0.29, 0.717) is 18.2 Å². The maximum absolute atomic E-state index is 12.3. The van der Waals surface area contributed by atoms with Crippen LogP contribution in [0.4, 0.5) is 0 Å². The number of halogens is 1. The smallest absolute Gasteiger partial charge is 0.224 e. The highest BCUT2D eigenvalue weighted by Crippen LogP contribution is 2.26. The number of aryl methyl sites for hydroxylation is 2. The lowest BCUT2D eigenvalue weighted by Crippen LogP contribution is -2.26. The zero-order valence-electron chi connectivity index (χ0n) is 20.6. The Morgan fingerprint density at radius 2 is 1.69 bits per heavy atom. The average Bonchev–Trinajstić information content (AvgIpc) is 3.25. The van der Waals surface area contributed by atoms with Crippen molar-refractivity contribution in [3.8, 4) is 11.5 Å². The number of ether oxygens (including phenoxy) is 2. The van der Waals surface area contributed by atoms with E-state index < -0.39 is 0 Å². The molecule has 0 radical (unpaired) electrons. The number of hydrogen-bond donors (Lipinski definition) is 1. The van der Waals surface area contributed by atoms with Crippen LogP contribution in [0.3, 0.4) is 0 Å². The van der Waals surface area contributed by atoms with Crippen molar-refractivity contribution in [3.05, 3.63) is 89.2 Å². The molecule has 3 aromatic carbocycles. The summed E-state index contributed by atoms with van der Waals surface area (Å²) in [5, 5.41) is 3.63. The summed E-state index contributed by atoms with van der Waals surface area (Å²) in [5.41, 5.74) is 2.98. The van der Waals surface area contributed by atoms with Crippen molar-refractivity contribution in [2.24, 2.45) is 0 Å². The number of hydrogen-bond acceptors (Lipinski definition) is 4. The van der Waals surface area contributed by atoms with Crippen LogP contribution < -0.4 is 14.8 Å². The van der Waals surface area contributed by atoms with Crippen LogP contribution in [0, 0.1) is 0 Å². The summed E-state index contributed by atoms with van der Waals surface area (Å²) in [6.07, 6.45) is 3.78. The number of nitrogens with zero attached hydrogens (tertiary/aromatic N) is 2. The lowest BCUT2D eigenvalue weighted by atomic mass is 10.1. The number of unbranched alkanes of at least 4 members (excludes halogenated alkanes) is 1. The molecule has 4 aromatic rings. The predicted molar refractivity (Wildman–Crippen MR) is 144 cm³/mol. The largest absolute Gasteiger partial charge is 0.493 e. The molecule has 188 valence electrons. The molecule has 1 N–H and O–H groups in total. The molecule has 0 aliphatic rings. The van der Waals surface area contributed by atoms with Crippen LogP contribution in [0.5, 0.6) is 11.5 Å². The highest BCUT2D eigenvalue weighted by molar-refractivity contribution is 6.31. The Labute approximate surface area is 217 Å². The Balaban J connectivity index is 1.27. The normalized spacial score (nSPS) is 10.9. The van der Waals surface area contributed by atoms with Crippen molar-refractivity contribution in [2.45, 2.75) is 38.6 Å². The number of carbonyl (C=O) groups is 1. The molecular weight excluding hydrogens is 474 g/mol. The van der Waals surface area contributed by atoms with Crippen LogP contribution in [-0.4, -0.2) is 35.7 Å².